The van der Waals surface area contributed by atoms with Crippen molar-refractivity contribution in [3.05, 3.63) is 132 Å². The number of nitrogens with zero attached hydrogens (tertiary/aromatic N) is 7. The standard InChI is InChI=1S/C46H45N9O5S/c1-30-24-32(46(56)47-20-8-22-55-28-41(51-52-55)31-10-7-11-33(25-31)50-45-37-12-5-6-13-40(37)48-29-49-45)14-17-36(30)44-38-18-15-34(53(2)3)26-42(38)60-43-27-35(16-19-39(43)44)54(4)21-9-23-61(57,58)59/h5-7,10-19,24-29H,8-9,20-23H2,1-4H3,(H2-,47,48,49,50,56,57,58,59). The van der Waals surface area contributed by atoms with Crippen molar-refractivity contribution in [1.29, 1.82) is 0 Å². The molecule has 2 aliphatic rings. The van der Waals surface area contributed by atoms with Gasteiger partial charge in [-0.2, -0.15) is 0 Å². The van der Waals surface area contributed by atoms with Gasteiger partial charge in [0.25, 0.3) is 5.91 Å². The summed E-state index contributed by atoms with van der Waals surface area (Å²) in [4.78, 5) is 24.1. The Morgan fingerprint density at radius 3 is 2.56 bits per heavy atom. The van der Waals surface area contributed by atoms with Crippen molar-refractivity contribution >= 4 is 55.1 Å². The zero-order valence-corrected chi connectivity index (χ0v) is 35.1. The van der Waals surface area contributed by atoms with Gasteiger partial charge in [0, 0.05) is 89.0 Å². The quantitative estimate of drug-likeness (QED) is 0.0518. The van der Waals surface area contributed by atoms with E-state index in [2.05, 4.69) is 43.0 Å². The van der Waals surface area contributed by atoms with E-state index in [0.29, 0.717) is 43.0 Å². The average molecular weight is 836 g/mol. The van der Waals surface area contributed by atoms with Crippen molar-refractivity contribution < 1.29 is 22.2 Å². The van der Waals surface area contributed by atoms with Crippen LogP contribution >= 0.6 is 0 Å². The SMILES string of the molecule is Cc1cc(C(=O)NCCCn2cc(-c3cccc(Nc4ncnc5ccccc45)c3)nn2)ccc1-c1c2ccc(=[N+](C)C)cc-2oc2cc(N(C)CCCS(=O)(=O)[O-])ccc12. The molecule has 310 valence electrons. The first-order valence-corrected chi connectivity index (χ1v) is 21.5. The fourth-order valence-corrected chi connectivity index (χ4v) is 7.93. The average Bonchev–Trinajstić information content (AvgIpc) is 3.73. The number of benzene rings is 5. The number of carbonyl (C=O) groups is 1. The molecule has 0 fully saturated rings. The third kappa shape index (κ3) is 9.27. The highest BCUT2D eigenvalue weighted by atomic mass is 32.2. The van der Waals surface area contributed by atoms with E-state index in [1.807, 2.05) is 135 Å². The van der Waals surface area contributed by atoms with Crippen molar-refractivity contribution in [2.45, 2.75) is 26.3 Å². The van der Waals surface area contributed by atoms with Crippen LogP contribution in [0.15, 0.2) is 120 Å². The number of rotatable bonds is 14. The summed E-state index contributed by atoms with van der Waals surface area (Å²) >= 11 is 0. The second kappa shape index (κ2) is 17.3. The van der Waals surface area contributed by atoms with Gasteiger partial charge in [-0.15, -0.1) is 5.10 Å². The number of anilines is 3. The zero-order chi connectivity index (χ0) is 42.7. The van der Waals surface area contributed by atoms with Gasteiger partial charge in [0.05, 0.1) is 27.9 Å². The Morgan fingerprint density at radius 2 is 1.74 bits per heavy atom. The van der Waals surface area contributed by atoms with E-state index in [1.165, 1.54) is 0 Å². The Bertz CT molecular complexity index is 3060. The van der Waals surface area contributed by atoms with Crippen LogP contribution in [0.5, 0.6) is 0 Å². The number of hydrogen-bond acceptors (Lipinski definition) is 11. The second-order valence-electron chi connectivity index (χ2n) is 15.2. The molecule has 6 aromatic rings. The number of carbonyl (C=O) groups excluding carboxylic acids is 1. The molecule has 4 aromatic carbocycles. The van der Waals surface area contributed by atoms with E-state index in [-0.39, 0.29) is 12.3 Å². The molecular weight excluding hydrogens is 791 g/mol. The first-order valence-electron chi connectivity index (χ1n) is 19.9. The van der Waals surface area contributed by atoms with Crippen LogP contribution in [-0.4, -0.2) is 83.8 Å². The van der Waals surface area contributed by atoms with Gasteiger partial charge in [0.2, 0.25) is 5.36 Å². The minimum absolute atomic E-state index is 0.166. The van der Waals surface area contributed by atoms with Crippen LogP contribution in [-0.2, 0) is 16.7 Å². The summed E-state index contributed by atoms with van der Waals surface area (Å²) in [6, 6.07) is 33.5. The van der Waals surface area contributed by atoms with Crippen molar-refractivity contribution in [3.8, 4) is 33.7 Å². The lowest BCUT2D eigenvalue weighted by atomic mass is 9.90. The van der Waals surface area contributed by atoms with E-state index >= 15 is 0 Å². The van der Waals surface area contributed by atoms with Gasteiger partial charge < -0.3 is 24.5 Å². The summed E-state index contributed by atoms with van der Waals surface area (Å²) in [7, 11) is 1.51. The fourth-order valence-electron chi connectivity index (χ4n) is 7.45. The predicted molar refractivity (Wildman–Crippen MR) is 238 cm³/mol. The lowest BCUT2D eigenvalue weighted by Gasteiger charge is -2.22. The molecule has 15 heteroatoms. The maximum atomic E-state index is 13.4. The van der Waals surface area contributed by atoms with E-state index in [4.69, 9.17) is 4.42 Å². The van der Waals surface area contributed by atoms with E-state index in [0.717, 1.165) is 72.4 Å². The molecule has 2 N–H and O–H groups in total. The van der Waals surface area contributed by atoms with Crippen LogP contribution in [0.3, 0.4) is 0 Å². The number of amides is 1. The summed E-state index contributed by atoms with van der Waals surface area (Å²) in [5, 5.41) is 18.0. The molecule has 0 spiro atoms. The molecule has 0 bridgehead atoms. The van der Waals surface area contributed by atoms with Crippen LogP contribution in [0.1, 0.15) is 28.8 Å². The Balaban J connectivity index is 0.942. The Labute approximate surface area is 353 Å². The van der Waals surface area contributed by atoms with Gasteiger partial charge in [0.15, 0.2) is 0 Å². The van der Waals surface area contributed by atoms with Crippen LogP contribution in [0, 0.1) is 6.92 Å². The fraction of sp³-hybridized carbons (Fsp3) is 0.217. The normalized spacial score (nSPS) is 11.6. The Hall–Kier alpha value is -6.97. The second-order valence-corrected chi connectivity index (χ2v) is 16.7. The maximum absolute atomic E-state index is 13.4. The highest BCUT2D eigenvalue weighted by molar-refractivity contribution is 7.85. The summed E-state index contributed by atoms with van der Waals surface area (Å²) < 4.78 is 43.8. The smallest absolute Gasteiger partial charge is 0.251 e. The largest absolute Gasteiger partial charge is 0.748 e. The summed E-state index contributed by atoms with van der Waals surface area (Å²) in [5.41, 5.74) is 9.21. The number of aryl methyl sites for hydroxylation is 2. The molecular formula is C46H45N9O5S. The van der Waals surface area contributed by atoms with Crippen molar-refractivity contribution in [2.24, 2.45) is 0 Å². The first-order chi connectivity index (χ1) is 29.4. The minimum atomic E-state index is -4.29. The molecule has 2 aromatic heterocycles. The number of para-hydroxylation sites is 1. The van der Waals surface area contributed by atoms with Crippen LogP contribution in [0.2, 0.25) is 0 Å². The molecule has 0 unspecified atom stereocenters. The summed E-state index contributed by atoms with van der Waals surface area (Å²) in [5.74, 6) is 0.835. The highest BCUT2D eigenvalue weighted by Gasteiger charge is 2.21. The van der Waals surface area contributed by atoms with E-state index in [9.17, 15) is 17.8 Å². The summed E-state index contributed by atoms with van der Waals surface area (Å²) in [6.07, 6.45) is 4.32. The lowest BCUT2D eigenvalue weighted by molar-refractivity contribution is 0.0952. The molecule has 1 aliphatic carbocycles. The molecule has 1 aliphatic heterocycles. The monoisotopic (exact) mass is 835 g/mol. The van der Waals surface area contributed by atoms with E-state index in [1.54, 1.807) is 11.0 Å². The number of aromatic nitrogens is 5. The van der Waals surface area contributed by atoms with Crippen molar-refractivity contribution in [3.63, 3.8) is 0 Å². The zero-order valence-electron chi connectivity index (χ0n) is 34.3. The maximum Gasteiger partial charge on any atom is 0.251 e. The molecule has 0 radical (unpaired) electrons. The van der Waals surface area contributed by atoms with Gasteiger partial charge >= 0.3 is 0 Å². The molecule has 14 nitrogen and oxygen atoms in total. The van der Waals surface area contributed by atoms with Gasteiger partial charge in [-0.05, 0) is 85.5 Å². The van der Waals surface area contributed by atoms with Crippen molar-refractivity contribution in [1.82, 2.24) is 34.9 Å². The number of fused-ring (bicyclic) bond motifs is 3. The Kier molecular flexibility index (Phi) is 11.6. The van der Waals surface area contributed by atoms with Crippen molar-refractivity contribution in [2.75, 3.05) is 50.2 Å². The highest BCUT2D eigenvalue weighted by Crippen LogP contribution is 2.42. The van der Waals surface area contributed by atoms with Gasteiger partial charge in [0.1, 0.15) is 43.3 Å². The third-order valence-corrected chi connectivity index (χ3v) is 11.4. The minimum Gasteiger partial charge on any atom is -0.748 e. The molecule has 0 atom stereocenters. The van der Waals surface area contributed by atoms with Crippen LogP contribution in [0.25, 0.3) is 55.6 Å². The topological polar surface area (TPSA) is 174 Å². The predicted octanol–water partition coefficient (Wildman–Crippen LogP) is 6.68. The van der Waals surface area contributed by atoms with Gasteiger partial charge in [-0.25, -0.2) is 23.0 Å². The van der Waals surface area contributed by atoms with Crippen LogP contribution < -0.4 is 25.5 Å². The van der Waals surface area contributed by atoms with Gasteiger partial charge in [-0.1, -0.05) is 35.5 Å². The number of nitrogens with one attached hydrogen (secondary N) is 2. The third-order valence-electron chi connectivity index (χ3n) is 10.6. The number of hydrogen-bond donors (Lipinski definition) is 2. The molecule has 8 rings (SSSR count). The molecule has 61 heavy (non-hydrogen) atoms. The Morgan fingerprint density at radius 1 is 0.902 bits per heavy atom. The van der Waals surface area contributed by atoms with Gasteiger partial charge in [-0.3, -0.25) is 9.48 Å². The molecule has 0 saturated carbocycles. The molecule has 3 heterocycles. The lowest BCUT2D eigenvalue weighted by Crippen LogP contribution is -2.25. The van der Waals surface area contributed by atoms with Crippen LogP contribution in [0.4, 0.5) is 17.2 Å². The first kappa shape index (κ1) is 40.8. The molecule has 0 saturated heterocycles. The van der Waals surface area contributed by atoms with E-state index < -0.39 is 15.9 Å². The summed E-state index contributed by atoms with van der Waals surface area (Å²) in [6.45, 7) is 3.42. The molecule has 1 amide bonds.